The number of fused-ring (bicyclic) bond motifs is 1. The highest BCUT2D eigenvalue weighted by Gasteiger charge is 2.08. The van der Waals surface area contributed by atoms with Crippen molar-refractivity contribution in [2.24, 2.45) is 5.41 Å². The summed E-state index contributed by atoms with van der Waals surface area (Å²) >= 11 is 6.06. The van der Waals surface area contributed by atoms with E-state index in [4.69, 9.17) is 16.3 Å². The standard InChI is InChI=1S/C22H36ClN3O/c1-22(2,3)14-11-9-7-5-4-6-8-10-12-16-27-18-26-20-13-15-24-21(23)19(20)17-25-26/h13,15,17H,4-12,14,16,18H2,1-3H3. The Bertz CT molecular complexity index is 663. The Morgan fingerprint density at radius 2 is 1.59 bits per heavy atom. The Labute approximate surface area is 169 Å². The van der Waals surface area contributed by atoms with Crippen LogP contribution in [0.15, 0.2) is 18.5 Å². The van der Waals surface area contributed by atoms with Gasteiger partial charge in [0.05, 0.1) is 17.1 Å². The maximum atomic E-state index is 6.06. The molecule has 0 bridgehead atoms. The predicted octanol–water partition coefficient (Wildman–Crippen LogP) is 7.01. The van der Waals surface area contributed by atoms with E-state index in [1.54, 1.807) is 12.4 Å². The SMILES string of the molecule is CC(C)(C)CCCCCCCCCCCOCn1ncc2c(Cl)nccc21. The van der Waals surface area contributed by atoms with E-state index in [1.807, 2.05) is 10.7 Å². The maximum Gasteiger partial charge on any atom is 0.140 e. The van der Waals surface area contributed by atoms with Gasteiger partial charge in [-0.2, -0.15) is 5.10 Å². The zero-order chi connectivity index (χ0) is 19.5. The van der Waals surface area contributed by atoms with Crippen LogP contribution < -0.4 is 0 Å². The summed E-state index contributed by atoms with van der Waals surface area (Å²) in [5.74, 6) is 0. The van der Waals surface area contributed by atoms with Crippen LogP contribution in [0.3, 0.4) is 0 Å². The molecule has 152 valence electrons. The molecule has 0 spiro atoms. The van der Waals surface area contributed by atoms with Crippen LogP contribution in [-0.2, 0) is 11.5 Å². The quantitative estimate of drug-likeness (QED) is 0.271. The number of rotatable bonds is 13. The zero-order valence-corrected chi connectivity index (χ0v) is 18.1. The van der Waals surface area contributed by atoms with Crippen LogP contribution in [0.1, 0.15) is 85.0 Å². The van der Waals surface area contributed by atoms with Crippen molar-refractivity contribution in [3.63, 3.8) is 0 Å². The van der Waals surface area contributed by atoms with Gasteiger partial charge in [0, 0.05) is 12.8 Å². The molecule has 0 N–H and O–H groups in total. The number of aromatic nitrogens is 3. The number of hydrogen-bond acceptors (Lipinski definition) is 3. The molecule has 0 fully saturated rings. The van der Waals surface area contributed by atoms with Crippen molar-refractivity contribution in [1.82, 2.24) is 14.8 Å². The van der Waals surface area contributed by atoms with E-state index >= 15 is 0 Å². The maximum absolute atomic E-state index is 6.06. The van der Waals surface area contributed by atoms with Crippen molar-refractivity contribution >= 4 is 22.5 Å². The van der Waals surface area contributed by atoms with Crippen molar-refractivity contribution in [1.29, 1.82) is 0 Å². The number of nitrogens with zero attached hydrogens (tertiary/aromatic N) is 3. The first-order valence-electron chi connectivity index (χ1n) is 10.5. The van der Waals surface area contributed by atoms with E-state index in [-0.39, 0.29) is 0 Å². The summed E-state index contributed by atoms with van der Waals surface area (Å²) in [4.78, 5) is 4.07. The van der Waals surface area contributed by atoms with E-state index in [9.17, 15) is 0 Å². The summed E-state index contributed by atoms with van der Waals surface area (Å²) in [5.41, 5.74) is 1.47. The molecule has 0 saturated carbocycles. The largest absolute Gasteiger partial charge is 0.359 e. The fourth-order valence-corrected chi connectivity index (χ4v) is 3.53. The highest BCUT2D eigenvalue weighted by atomic mass is 35.5. The van der Waals surface area contributed by atoms with Crippen LogP contribution in [0, 0.1) is 5.41 Å². The van der Waals surface area contributed by atoms with Crippen LogP contribution in [-0.4, -0.2) is 21.4 Å². The van der Waals surface area contributed by atoms with Crippen LogP contribution in [0.25, 0.3) is 10.9 Å². The molecule has 2 rings (SSSR count). The minimum Gasteiger partial charge on any atom is -0.359 e. The second-order valence-corrected chi connectivity index (χ2v) is 9.07. The predicted molar refractivity (Wildman–Crippen MR) is 114 cm³/mol. The fraction of sp³-hybridized carbons (Fsp3) is 0.727. The summed E-state index contributed by atoms with van der Waals surface area (Å²) in [6.45, 7) is 8.26. The first kappa shape index (κ1) is 22.2. The van der Waals surface area contributed by atoms with Gasteiger partial charge in [0.2, 0.25) is 0 Å². The number of halogens is 1. The monoisotopic (exact) mass is 393 g/mol. The molecular formula is C22H36ClN3O. The Balaban J connectivity index is 1.42. The van der Waals surface area contributed by atoms with Gasteiger partial charge in [0.1, 0.15) is 11.9 Å². The molecule has 0 aromatic carbocycles. The third-order valence-corrected chi connectivity index (χ3v) is 5.25. The summed E-state index contributed by atoms with van der Waals surface area (Å²) in [5, 5.41) is 5.70. The molecule has 4 nitrogen and oxygen atoms in total. The van der Waals surface area contributed by atoms with Gasteiger partial charge in [-0.15, -0.1) is 0 Å². The molecule has 0 radical (unpaired) electrons. The number of pyridine rings is 1. The molecule has 2 aromatic heterocycles. The van der Waals surface area contributed by atoms with E-state index in [1.165, 1.54) is 57.8 Å². The minimum absolute atomic E-state index is 0.471. The van der Waals surface area contributed by atoms with Crippen LogP contribution in [0.4, 0.5) is 0 Å². The van der Waals surface area contributed by atoms with Gasteiger partial charge in [-0.1, -0.05) is 83.7 Å². The normalized spacial score (nSPS) is 12.1. The lowest BCUT2D eigenvalue weighted by Crippen LogP contribution is -2.05. The number of unbranched alkanes of at least 4 members (excludes halogenated alkanes) is 8. The van der Waals surface area contributed by atoms with E-state index < -0.39 is 0 Å². The Morgan fingerprint density at radius 1 is 0.963 bits per heavy atom. The summed E-state index contributed by atoms with van der Waals surface area (Å²) in [6, 6.07) is 1.92. The lowest BCUT2D eigenvalue weighted by Gasteiger charge is -2.17. The lowest BCUT2D eigenvalue weighted by molar-refractivity contribution is 0.0687. The molecule has 0 saturated heterocycles. The molecule has 0 aliphatic heterocycles. The van der Waals surface area contributed by atoms with Gasteiger partial charge < -0.3 is 4.74 Å². The van der Waals surface area contributed by atoms with Crippen molar-refractivity contribution in [3.8, 4) is 0 Å². The Morgan fingerprint density at radius 3 is 2.26 bits per heavy atom. The Hall–Kier alpha value is -1.13. The summed E-state index contributed by atoms with van der Waals surface area (Å²) < 4.78 is 7.60. The van der Waals surface area contributed by atoms with Gasteiger partial charge in [-0.05, 0) is 24.3 Å². The zero-order valence-electron chi connectivity index (χ0n) is 17.3. The van der Waals surface area contributed by atoms with Gasteiger partial charge in [-0.3, -0.25) is 0 Å². The molecular weight excluding hydrogens is 358 g/mol. The van der Waals surface area contributed by atoms with Crippen molar-refractivity contribution in [2.75, 3.05) is 6.61 Å². The molecule has 2 heterocycles. The smallest absolute Gasteiger partial charge is 0.140 e. The second-order valence-electron chi connectivity index (χ2n) is 8.71. The molecule has 5 heteroatoms. The van der Waals surface area contributed by atoms with E-state index in [2.05, 4.69) is 30.9 Å². The van der Waals surface area contributed by atoms with Gasteiger partial charge in [-0.25, -0.2) is 9.67 Å². The lowest BCUT2D eigenvalue weighted by atomic mass is 9.89. The third-order valence-electron chi connectivity index (χ3n) is 4.95. The average Bonchev–Trinajstić information content (AvgIpc) is 3.02. The van der Waals surface area contributed by atoms with Gasteiger partial charge in [0.25, 0.3) is 0 Å². The summed E-state index contributed by atoms with van der Waals surface area (Å²) in [6.07, 6.45) is 16.8. The van der Waals surface area contributed by atoms with Crippen LogP contribution in [0.2, 0.25) is 5.15 Å². The van der Waals surface area contributed by atoms with Crippen molar-refractivity contribution < 1.29 is 4.74 Å². The molecule has 27 heavy (non-hydrogen) atoms. The highest BCUT2D eigenvalue weighted by Crippen LogP contribution is 2.23. The minimum atomic E-state index is 0.471. The highest BCUT2D eigenvalue weighted by molar-refractivity contribution is 6.34. The average molecular weight is 394 g/mol. The van der Waals surface area contributed by atoms with Crippen molar-refractivity contribution in [3.05, 3.63) is 23.6 Å². The van der Waals surface area contributed by atoms with Gasteiger partial charge >= 0.3 is 0 Å². The van der Waals surface area contributed by atoms with Gasteiger partial charge in [0.15, 0.2) is 0 Å². The van der Waals surface area contributed by atoms with E-state index in [0.717, 1.165) is 23.9 Å². The molecule has 2 aromatic rings. The molecule has 0 atom stereocenters. The van der Waals surface area contributed by atoms with Crippen LogP contribution >= 0.6 is 11.6 Å². The Kier molecular flexibility index (Phi) is 9.57. The molecule has 0 unspecified atom stereocenters. The molecule has 0 amide bonds. The first-order chi connectivity index (χ1) is 13.0. The summed E-state index contributed by atoms with van der Waals surface area (Å²) in [7, 11) is 0. The van der Waals surface area contributed by atoms with Crippen LogP contribution in [0.5, 0.6) is 0 Å². The molecule has 0 aliphatic carbocycles. The fourth-order valence-electron chi connectivity index (χ4n) is 3.32. The number of ether oxygens (including phenoxy) is 1. The second kappa shape index (κ2) is 11.7. The molecule has 0 aliphatic rings. The van der Waals surface area contributed by atoms with Crippen molar-refractivity contribution in [2.45, 2.75) is 91.7 Å². The number of hydrogen-bond donors (Lipinski definition) is 0. The first-order valence-corrected chi connectivity index (χ1v) is 10.9. The van der Waals surface area contributed by atoms with E-state index in [0.29, 0.717) is 17.3 Å². The third kappa shape index (κ3) is 8.61. The topological polar surface area (TPSA) is 39.9 Å².